The predicted molar refractivity (Wildman–Crippen MR) is 105 cm³/mol. The average Bonchev–Trinajstić information content (AvgIpc) is 2.62. The number of nitrogens with one attached hydrogen (secondary N) is 1. The summed E-state index contributed by atoms with van der Waals surface area (Å²) >= 11 is 2.52. The van der Waals surface area contributed by atoms with Crippen LogP contribution in [0.3, 0.4) is 0 Å². The van der Waals surface area contributed by atoms with Crippen molar-refractivity contribution in [3.8, 4) is 0 Å². The van der Waals surface area contributed by atoms with E-state index in [0.29, 0.717) is 29.9 Å². The summed E-state index contributed by atoms with van der Waals surface area (Å²) in [7, 11) is 0. The Kier molecular flexibility index (Phi) is 7.14. The first-order chi connectivity index (χ1) is 11.6. The van der Waals surface area contributed by atoms with E-state index in [4.69, 9.17) is 0 Å². The lowest BCUT2D eigenvalue weighted by atomic mass is 9.79. The van der Waals surface area contributed by atoms with Crippen LogP contribution in [0.1, 0.15) is 70.6 Å². The van der Waals surface area contributed by atoms with Gasteiger partial charge < -0.3 is 4.90 Å². The normalized spacial score (nSPS) is 35.5. The fourth-order valence-electron chi connectivity index (χ4n) is 5.04. The smallest absolute Gasteiger partial charge is 0.189 e. The minimum atomic E-state index is 0.231. The molecule has 3 aliphatic rings. The van der Waals surface area contributed by atoms with Crippen molar-refractivity contribution >= 4 is 34.2 Å². The van der Waals surface area contributed by atoms with Gasteiger partial charge in [0, 0.05) is 15.8 Å². The first kappa shape index (κ1) is 18.8. The second-order valence-corrected chi connectivity index (χ2v) is 10.1. The highest BCUT2D eigenvalue weighted by atomic mass is 127. The Morgan fingerprint density at radius 3 is 2.17 bits per heavy atom. The van der Waals surface area contributed by atoms with Crippen LogP contribution in [0.2, 0.25) is 0 Å². The zero-order chi connectivity index (χ0) is 16.9. The van der Waals surface area contributed by atoms with Crippen molar-refractivity contribution in [1.82, 2.24) is 0 Å². The molecule has 1 saturated heterocycles. The first-order valence-electron chi connectivity index (χ1n) is 10.2. The van der Waals surface area contributed by atoms with Crippen molar-refractivity contribution in [3.63, 3.8) is 0 Å². The van der Waals surface area contributed by atoms with Crippen LogP contribution < -0.4 is 4.90 Å². The van der Waals surface area contributed by atoms with Crippen molar-refractivity contribution in [2.24, 2.45) is 17.8 Å². The number of hydrogen-bond donors (Lipinski definition) is 1. The molecule has 4 heteroatoms. The Hall–Kier alpha value is 0.0300. The maximum absolute atomic E-state index is 12.8. The molecule has 0 radical (unpaired) electrons. The summed E-state index contributed by atoms with van der Waals surface area (Å²) in [4.78, 5) is 26.9. The Morgan fingerprint density at radius 1 is 0.792 bits per heavy atom. The molecule has 0 amide bonds. The summed E-state index contributed by atoms with van der Waals surface area (Å²) in [6, 6.07) is 0. The SMILES string of the molecule is O=C(C[NH+]1CCCC(C(=O)C2CCCCC2)C1)C1CCC(I)CC1. The van der Waals surface area contributed by atoms with Crippen LogP contribution in [0.15, 0.2) is 0 Å². The van der Waals surface area contributed by atoms with Crippen molar-refractivity contribution in [2.75, 3.05) is 19.6 Å². The molecular weight excluding hydrogens is 413 g/mol. The van der Waals surface area contributed by atoms with Gasteiger partial charge in [0.1, 0.15) is 12.3 Å². The summed E-state index contributed by atoms with van der Waals surface area (Å²) in [6.07, 6.45) is 12.8. The molecule has 0 spiro atoms. The molecule has 0 aromatic rings. The second kappa shape index (κ2) is 9.11. The molecule has 24 heavy (non-hydrogen) atoms. The Balaban J connectivity index is 1.48. The molecule has 0 aromatic heterocycles. The lowest BCUT2D eigenvalue weighted by Crippen LogP contribution is -3.14. The maximum atomic E-state index is 12.8. The molecule has 1 heterocycles. The fourth-order valence-corrected chi connectivity index (χ4v) is 5.76. The Morgan fingerprint density at radius 2 is 1.46 bits per heavy atom. The highest BCUT2D eigenvalue weighted by molar-refractivity contribution is 14.1. The van der Waals surface area contributed by atoms with Crippen LogP contribution in [0.4, 0.5) is 0 Å². The Bertz CT molecular complexity index is 439. The number of rotatable bonds is 5. The summed E-state index contributed by atoms with van der Waals surface area (Å²) < 4.78 is 0.770. The largest absolute Gasteiger partial charge is 0.328 e. The molecule has 3 nitrogen and oxygen atoms in total. The van der Waals surface area contributed by atoms with E-state index >= 15 is 0 Å². The summed E-state index contributed by atoms with van der Waals surface area (Å²) in [5, 5.41) is 0. The van der Waals surface area contributed by atoms with Crippen LogP contribution in [0.25, 0.3) is 0 Å². The van der Waals surface area contributed by atoms with Crippen LogP contribution in [-0.4, -0.2) is 35.1 Å². The van der Waals surface area contributed by atoms with E-state index in [-0.39, 0.29) is 5.92 Å². The van der Waals surface area contributed by atoms with Crippen molar-refractivity contribution in [2.45, 2.75) is 74.6 Å². The molecule has 2 unspecified atom stereocenters. The molecular formula is C20H33INO2+. The third kappa shape index (κ3) is 5.03. The highest BCUT2D eigenvalue weighted by Crippen LogP contribution is 2.30. The van der Waals surface area contributed by atoms with Gasteiger partial charge in [-0.2, -0.15) is 0 Å². The van der Waals surface area contributed by atoms with Gasteiger partial charge in [-0.3, -0.25) is 9.59 Å². The minimum absolute atomic E-state index is 0.231. The van der Waals surface area contributed by atoms with Crippen molar-refractivity contribution in [3.05, 3.63) is 0 Å². The van der Waals surface area contributed by atoms with Gasteiger partial charge in [0.15, 0.2) is 5.78 Å². The lowest BCUT2D eigenvalue weighted by molar-refractivity contribution is -0.899. The molecule has 3 fully saturated rings. The van der Waals surface area contributed by atoms with Crippen LogP contribution >= 0.6 is 22.6 Å². The molecule has 2 atom stereocenters. The lowest BCUT2D eigenvalue weighted by Gasteiger charge is -2.33. The first-order valence-corrected chi connectivity index (χ1v) is 11.4. The van der Waals surface area contributed by atoms with Gasteiger partial charge in [-0.15, -0.1) is 0 Å². The van der Waals surface area contributed by atoms with E-state index in [1.807, 2.05) is 0 Å². The van der Waals surface area contributed by atoms with Crippen molar-refractivity contribution < 1.29 is 14.5 Å². The predicted octanol–water partition coefficient (Wildman–Crippen LogP) is 2.99. The van der Waals surface area contributed by atoms with Gasteiger partial charge in [0.25, 0.3) is 0 Å². The number of carbonyl (C=O) groups excluding carboxylic acids is 2. The van der Waals surface area contributed by atoms with Crippen LogP contribution in [0.5, 0.6) is 0 Å². The molecule has 136 valence electrons. The zero-order valence-corrected chi connectivity index (χ0v) is 17.1. The van der Waals surface area contributed by atoms with E-state index in [0.717, 1.165) is 55.5 Å². The molecule has 1 N–H and O–H groups in total. The van der Waals surface area contributed by atoms with Gasteiger partial charge >= 0.3 is 0 Å². The minimum Gasteiger partial charge on any atom is -0.328 e. The number of carbonyl (C=O) groups is 2. The third-order valence-electron chi connectivity index (χ3n) is 6.56. The molecule has 3 rings (SSSR count). The standard InChI is InChI=1S/C20H32INO2/c21-18-10-8-15(9-11-18)19(23)14-22-12-4-7-17(13-22)20(24)16-5-2-1-3-6-16/h15-18H,1-14H2/p+1. The van der Waals surface area contributed by atoms with E-state index in [1.54, 1.807) is 0 Å². The van der Waals surface area contributed by atoms with E-state index in [1.165, 1.54) is 37.0 Å². The topological polar surface area (TPSA) is 38.6 Å². The molecule has 1 aliphatic heterocycles. The summed E-state index contributed by atoms with van der Waals surface area (Å²) in [6.45, 7) is 2.68. The summed E-state index contributed by atoms with van der Waals surface area (Å²) in [5.74, 6) is 1.87. The number of piperidine rings is 1. The monoisotopic (exact) mass is 446 g/mol. The van der Waals surface area contributed by atoms with Gasteiger partial charge in [0.05, 0.1) is 19.0 Å². The van der Waals surface area contributed by atoms with Gasteiger partial charge in [-0.25, -0.2) is 0 Å². The molecule has 2 aliphatic carbocycles. The molecule has 0 aromatic carbocycles. The highest BCUT2D eigenvalue weighted by Gasteiger charge is 2.35. The number of halogens is 1. The Labute approximate surface area is 160 Å². The fraction of sp³-hybridized carbons (Fsp3) is 0.900. The number of hydrogen-bond acceptors (Lipinski definition) is 2. The average molecular weight is 446 g/mol. The second-order valence-electron chi connectivity index (χ2n) is 8.37. The van der Waals surface area contributed by atoms with Crippen LogP contribution in [0, 0.1) is 17.8 Å². The van der Waals surface area contributed by atoms with Crippen molar-refractivity contribution in [1.29, 1.82) is 0 Å². The zero-order valence-electron chi connectivity index (χ0n) is 14.9. The van der Waals surface area contributed by atoms with E-state index in [2.05, 4.69) is 22.6 Å². The molecule has 2 saturated carbocycles. The number of ketones is 2. The number of likely N-dealkylation sites (tertiary alicyclic amines) is 1. The van der Waals surface area contributed by atoms with Gasteiger partial charge in [-0.05, 0) is 51.4 Å². The molecule has 0 bridgehead atoms. The maximum Gasteiger partial charge on any atom is 0.189 e. The quantitative estimate of drug-likeness (QED) is 0.521. The summed E-state index contributed by atoms with van der Waals surface area (Å²) in [5.41, 5.74) is 0. The number of alkyl halides is 1. The van der Waals surface area contributed by atoms with Gasteiger partial charge in [0.2, 0.25) is 0 Å². The van der Waals surface area contributed by atoms with E-state index in [9.17, 15) is 9.59 Å². The number of quaternary nitrogens is 1. The van der Waals surface area contributed by atoms with E-state index < -0.39 is 0 Å². The third-order valence-corrected chi connectivity index (χ3v) is 7.81. The van der Waals surface area contributed by atoms with Gasteiger partial charge in [-0.1, -0.05) is 41.9 Å². The number of Topliss-reactive ketones (excluding diaryl/α,β-unsaturated/α-hetero) is 2. The van der Waals surface area contributed by atoms with Crippen LogP contribution in [-0.2, 0) is 9.59 Å².